The maximum atomic E-state index is 12.6. The molecule has 2 N–H and O–H groups in total. The molecule has 1 heterocycles. The van der Waals surface area contributed by atoms with E-state index in [0.717, 1.165) is 24.6 Å². The fourth-order valence-electron chi connectivity index (χ4n) is 3.37. The first kappa shape index (κ1) is 25.7. The normalized spacial score (nSPS) is 20.0. The molecule has 0 spiro atoms. The van der Waals surface area contributed by atoms with Gasteiger partial charge in [-0.25, -0.2) is 0 Å². The van der Waals surface area contributed by atoms with Gasteiger partial charge in [-0.2, -0.15) is 8.78 Å². The quantitative estimate of drug-likeness (QED) is 0.309. The Bertz CT molecular complexity index is 661. The summed E-state index contributed by atoms with van der Waals surface area (Å²) >= 11 is 0. The molecule has 0 amide bonds. The molecule has 2 unspecified atom stereocenters. The van der Waals surface area contributed by atoms with Crippen molar-refractivity contribution in [3.8, 4) is 11.5 Å². The van der Waals surface area contributed by atoms with Crippen LogP contribution in [0.1, 0.15) is 26.3 Å². The van der Waals surface area contributed by atoms with Crippen molar-refractivity contribution in [1.29, 1.82) is 0 Å². The molecule has 1 aliphatic heterocycles. The number of aliphatic imine (C=N–C) groups is 1. The second kappa shape index (κ2) is 12.4. The Morgan fingerprint density at radius 1 is 1.28 bits per heavy atom. The molecular weight excluding hydrogens is 493 g/mol. The number of likely N-dealkylation sites (tertiary alicyclic amines) is 1. The number of ether oxygens (including phenoxy) is 2. The number of nitrogens with one attached hydrogen (secondary N) is 2. The molecule has 29 heavy (non-hydrogen) atoms. The van der Waals surface area contributed by atoms with Gasteiger partial charge in [-0.05, 0) is 43.9 Å². The molecular formula is C20H33F2IN4O2. The lowest BCUT2D eigenvalue weighted by molar-refractivity contribution is -0.0512. The van der Waals surface area contributed by atoms with Crippen molar-refractivity contribution in [1.82, 2.24) is 15.5 Å². The first-order valence-corrected chi connectivity index (χ1v) is 9.67. The number of halogens is 3. The summed E-state index contributed by atoms with van der Waals surface area (Å²) < 4.78 is 34.7. The van der Waals surface area contributed by atoms with E-state index in [1.165, 1.54) is 7.11 Å². The molecule has 2 atom stereocenters. The topological polar surface area (TPSA) is 58.1 Å². The Labute approximate surface area is 189 Å². The van der Waals surface area contributed by atoms with Gasteiger partial charge in [0.25, 0.3) is 0 Å². The molecule has 0 aromatic heterocycles. The van der Waals surface area contributed by atoms with Gasteiger partial charge in [0.1, 0.15) is 0 Å². The summed E-state index contributed by atoms with van der Waals surface area (Å²) in [6.45, 7) is 6.47. The van der Waals surface area contributed by atoms with E-state index in [4.69, 9.17) is 4.74 Å². The number of nitrogens with zero attached hydrogens (tertiary/aromatic N) is 2. The Morgan fingerprint density at radius 2 is 2.00 bits per heavy atom. The molecule has 166 valence electrons. The standard InChI is InChI=1S/C20H32F2N4O2.HI/c1-13(2)26-11-14(3)16(12-26)25-20(23-4)24-9-8-15-6-7-17(27-5)18(10-15)28-19(21)22;/h6-7,10,13-14,16,19H,8-9,11-12H2,1-5H3,(H2,23,24,25);1H. The predicted molar refractivity (Wildman–Crippen MR) is 123 cm³/mol. The van der Waals surface area contributed by atoms with Gasteiger partial charge in [-0.15, -0.1) is 24.0 Å². The molecule has 1 saturated heterocycles. The number of guanidine groups is 1. The second-order valence-electron chi connectivity index (χ2n) is 7.39. The first-order valence-electron chi connectivity index (χ1n) is 9.67. The zero-order valence-corrected chi connectivity index (χ0v) is 20.1. The molecule has 0 aliphatic carbocycles. The van der Waals surface area contributed by atoms with E-state index in [0.29, 0.717) is 36.7 Å². The second-order valence-corrected chi connectivity index (χ2v) is 7.39. The Kier molecular flexibility index (Phi) is 10.9. The zero-order valence-electron chi connectivity index (χ0n) is 17.7. The van der Waals surface area contributed by atoms with Gasteiger partial charge in [0.2, 0.25) is 0 Å². The minimum Gasteiger partial charge on any atom is -0.493 e. The number of hydrogen-bond acceptors (Lipinski definition) is 4. The van der Waals surface area contributed by atoms with Crippen molar-refractivity contribution >= 4 is 29.9 Å². The van der Waals surface area contributed by atoms with Crippen LogP contribution in [0.15, 0.2) is 23.2 Å². The maximum absolute atomic E-state index is 12.6. The molecule has 0 saturated carbocycles. The molecule has 0 radical (unpaired) electrons. The van der Waals surface area contributed by atoms with Gasteiger partial charge in [0.05, 0.1) is 7.11 Å². The smallest absolute Gasteiger partial charge is 0.387 e. The molecule has 1 fully saturated rings. The summed E-state index contributed by atoms with van der Waals surface area (Å²) in [5, 5.41) is 6.79. The maximum Gasteiger partial charge on any atom is 0.387 e. The van der Waals surface area contributed by atoms with Crippen LogP contribution >= 0.6 is 24.0 Å². The largest absolute Gasteiger partial charge is 0.493 e. The van der Waals surface area contributed by atoms with Crippen LogP contribution in [0, 0.1) is 5.92 Å². The minimum atomic E-state index is -2.89. The van der Waals surface area contributed by atoms with Crippen LogP contribution in [0.5, 0.6) is 11.5 Å². The Balaban J connectivity index is 0.00000420. The monoisotopic (exact) mass is 526 g/mol. The van der Waals surface area contributed by atoms with Crippen molar-refractivity contribution in [3.63, 3.8) is 0 Å². The number of alkyl halides is 2. The van der Waals surface area contributed by atoms with Gasteiger partial charge in [-0.3, -0.25) is 9.89 Å². The molecule has 1 aliphatic rings. The van der Waals surface area contributed by atoms with Gasteiger partial charge < -0.3 is 20.1 Å². The fraction of sp³-hybridized carbons (Fsp3) is 0.650. The number of hydrogen-bond donors (Lipinski definition) is 2. The van der Waals surface area contributed by atoms with Crippen molar-refractivity contribution in [3.05, 3.63) is 23.8 Å². The van der Waals surface area contributed by atoms with Crippen LogP contribution in [0.25, 0.3) is 0 Å². The highest BCUT2D eigenvalue weighted by Crippen LogP contribution is 2.29. The van der Waals surface area contributed by atoms with E-state index in [9.17, 15) is 8.78 Å². The summed E-state index contributed by atoms with van der Waals surface area (Å²) in [5.74, 6) is 1.63. The third-order valence-electron chi connectivity index (χ3n) is 5.07. The molecule has 0 bridgehead atoms. The van der Waals surface area contributed by atoms with E-state index in [-0.39, 0.29) is 29.7 Å². The van der Waals surface area contributed by atoms with Crippen molar-refractivity contribution < 1.29 is 18.3 Å². The number of benzene rings is 1. The van der Waals surface area contributed by atoms with Crippen LogP contribution in [0.3, 0.4) is 0 Å². The van der Waals surface area contributed by atoms with Crippen LogP contribution in [0.2, 0.25) is 0 Å². The number of rotatable bonds is 8. The Morgan fingerprint density at radius 3 is 2.55 bits per heavy atom. The van der Waals surface area contributed by atoms with Gasteiger partial charge in [-0.1, -0.05) is 13.0 Å². The molecule has 6 nitrogen and oxygen atoms in total. The highest BCUT2D eigenvalue weighted by Gasteiger charge is 2.31. The SMILES string of the molecule is CN=C(NCCc1ccc(OC)c(OC(F)F)c1)NC1CN(C(C)C)CC1C.I. The van der Waals surface area contributed by atoms with E-state index >= 15 is 0 Å². The van der Waals surface area contributed by atoms with Crippen molar-refractivity contribution in [2.75, 3.05) is 33.8 Å². The highest BCUT2D eigenvalue weighted by molar-refractivity contribution is 14.0. The van der Waals surface area contributed by atoms with Crippen LogP contribution < -0.4 is 20.1 Å². The van der Waals surface area contributed by atoms with E-state index in [2.05, 4.69) is 46.0 Å². The zero-order chi connectivity index (χ0) is 20.7. The van der Waals surface area contributed by atoms with E-state index < -0.39 is 6.61 Å². The third kappa shape index (κ3) is 7.76. The molecule has 1 aromatic carbocycles. The predicted octanol–water partition coefficient (Wildman–Crippen LogP) is 3.35. The summed E-state index contributed by atoms with van der Waals surface area (Å²) in [5.41, 5.74) is 0.875. The lowest BCUT2D eigenvalue weighted by Crippen LogP contribution is -2.47. The van der Waals surface area contributed by atoms with Crippen molar-refractivity contribution in [2.24, 2.45) is 10.9 Å². The lowest BCUT2D eigenvalue weighted by atomic mass is 10.1. The summed E-state index contributed by atoms with van der Waals surface area (Å²) in [6, 6.07) is 5.95. The third-order valence-corrected chi connectivity index (χ3v) is 5.07. The van der Waals surface area contributed by atoms with Gasteiger partial charge >= 0.3 is 6.61 Å². The molecule has 1 aromatic rings. The lowest BCUT2D eigenvalue weighted by Gasteiger charge is -2.22. The first-order chi connectivity index (χ1) is 13.3. The summed E-state index contributed by atoms with van der Waals surface area (Å²) in [7, 11) is 3.17. The fourth-order valence-corrected chi connectivity index (χ4v) is 3.37. The van der Waals surface area contributed by atoms with Crippen LogP contribution in [-0.4, -0.2) is 63.3 Å². The highest BCUT2D eigenvalue weighted by atomic mass is 127. The molecule has 2 rings (SSSR count). The average Bonchev–Trinajstić information content (AvgIpc) is 3.01. The molecule has 9 heteroatoms. The van der Waals surface area contributed by atoms with Crippen molar-refractivity contribution in [2.45, 2.75) is 45.9 Å². The average molecular weight is 526 g/mol. The Hall–Kier alpha value is -1.36. The minimum absolute atomic E-state index is 0. The summed E-state index contributed by atoms with van der Waals surface area (Å²) in [4.78, 5) is 6.76. The van der Waals surface area contributed by atoms with E-state index in [1.807, 2.05) is 6.07 Å². The summed E-state index contributed by atoms with van der Waals surface area (Å²) in [6.07, 6.45) is 0.641. The van der Waals surface area contributed by atoms with Gasteiger partial charge in [0, 0.05) is 38.8 Å². The number of methoxy groups -OCH3 is 1. The van der Waals surface area contributed by atoms with E-state index in [1.54, 1.807) is 19.2 Å². The van der Waals surface area contributed by atoms with Crippen LogP contribution in [-0.2, 0) is 6.42 Å². The van der Waals surface area contributed by atoms with Crippen LogP contribution in [0.4, 0.5) is 8.78 Å². The van der Waals surface area contributed by atoms with Gasteiger partial charge in [0.15, 0.2) is 17.5 Å².